The summed E-state index contributed by atoms with van der Waals surface area (Å²) in [6.07, 6.45) is 6.93. The fraction of sp³-hybridized carbons (Fsp3) is 0.588. The van der Waals surface area contributed by atoms with Gasteiger partial charge in [0.1, 0.15) is 0 Å². The lowest BCUT2D eigenvalue weighted by molar-refractivity contribution is -0.119. The Morgan fingerprint density at radius 1 is 1.09 bits per heavy atom. The fourth-order valence-electron chi connectivity index (χ4n) is 2.90. The smallest absolute Gasteiger partial charge is 0.230 e. The molecule has 120 valence electrons. The van der Waals surface area contributed by atoms with Crippen molar-refractivity contribution in [3.63, 3.8) is 0 Å². The molecule has 1 fully saturated rings. The van der Waals surface area contributed by atoms with Crippen LogP contribution in [0.15, 0.2) is 23.1 Å². The van der Waals surface area contributed by atoms with Crippen LogP contribution in [0, 0.1) is 0 Å². The second-order valence-electron chi connectivity index (χ2n) is 5.85. The van der Waals surface area contributed by atoms with Crippen LogP contribution in [-0.4, -0.2) is 30.9 Å². The van der Waals surface area contributed by atoms with Crippen molar-refractivity contribution in [2.75, 3.05) is 19.0 Å². The first-order valence-electron chi connectivity index (χ1n) is 8.13. The molecule has 1 aromatic carbocycles. The highest BCUT2D eigenvalue weighted by Crippen LogP contribution is 2.33. The van der Waals surface area contributed by atoms with Gasteiger partial charge < -0.3 is 14.8 Å². The predicted molar refractivity (Wildman–Crippen MR) is 87.8 cm³/mol. The first-order valence-corrected chi connectivity index (χ1v) is 9.11. The van der Waals surface area contributed by atoms with E-state index in [0.29, 0.717) is 25.0 Å². The monoisotopic (exact) mass is 321 g/mol. The molecule has 1 N–H and O–H groups in total. The molecule has 0 aromatic heterocycles. The third kappa shape index (κ3) is 4.32. The average molecular weight is 321 g/mol. The van der Waals surface area contributed by atoms with E-state index in [-0.39, 0.29) is 5.91 Å². The molecule has 0 spiro atoms. The predicted octanol–water partition coefficient (Wildman–Crippen LogP) is 3.39. The standard InChI is InChI=1S/C17H23NO3S/c19-17(18-13-5-2-1-3-6-13)12-22-14-7-8-15-16(11-14)21-10-4-9-20-15/h7-8,11,13H,1-6,9-10,12H2,(H,18,19). The fourth-order valence-corrected chi connectivity index (χ4v) is 3.63. The molecular weight excluding hydrogens is 298 g/mol. The van der Waals surface area contributed by atoms with Crippen LogP contribution in [0.1, 0.15) is 38.5 Å². The van der Waals surface area contributed by atoms with Gasteiger partial charge in [-0.1, -0.05) is 19.3 Å². The van der Waals surface area contributed by atoms with Gasteiger partial charge in [0.25, 0.3) is 0 Å². The number of fused-ring (bicyclic) bond motifs is 1. The molecule has 1 aliphatic heterocycles. The molecule has 1 aliphatic carbocycles. The molecule has 3 rings (SSSR count). The van der Waals surface area contributed by atoms with E-state index in [9.17, 15) is 4.79 Å². The first kappa shape index (κ1) is 15.5. The Labute approximate surface area is 135 Å². The van der Waals surface area contributed by atoms with Crippen LogP contribution >= 0.6 is 11.8 Å². The molecule has 1 amide bonds. The number of rotatable bonds is 4. The summed E-state index contributed by atoms with van der Waals surface area (Å²) in [5.74, 6) is 2.17. The molecule has 1 aromatic rings. The molecule has 0 atom stereocenters. The maximum absolute atomic E-state index is 12.0. The Balaban J connectivity index is 1.50. The largest absolute Gasteiger partial charge is 0.490 e. The normalized spacial score (nSPS) is 18.5. The number of nitrogens with one attached hydrogen (secondary N) is 1. The summed E-state index contributed by atoms with van der Waals surface area (Å²) in [6, 6.07) is 6.28. The van der Waals surface area contributed by atoms with Crippen molar-refractivity contribution in [3.05, 3.63) is 18.2 Å². The Morgan fingerprint density at radius 3 is 2.68 bits per heavy atom. The van der Waals surface area contributed by atoms with Crippen molar-refractivity contribution >= 4 is 17.7 Å². The number of benzene rings is 1. The van der Waals surface area contributed by atoms with Gasteiger partial charge in [-0.3, -0.25) is 4.79 Å². The van der Waals surface area contributed by atoms with Gasteiger partial charge in [0.15, 0.2) is 11.5 Å². The van der Waals surface area contributed by atoms with E-state index >= 15 is 0 Å². The minimum absolute atomic E-state index is 0.129. The maximum atomic E-state index is 12.0. The van der Waals surface area contributed by atoms with Gasteiger partial charge >= 0.3 is 0 Å². The quantitative estimate of drug-likeness (QED) is 0.864. The summed E-state index contributed by atoms with van der Waals surface area (Å²) in [6.45, 7) is 1.38. The van der Waals surface area contributed by atoms with E-state index in [2.05, 4.69) is 5.32 Å². The van der Waals surface area contributed by atoms with Crippen molar-refractivity contribution in [1.29, 1.82) is 0 Å². The minimum atomic E-state index is 0.129. The lowest BCUT2D eigenvalue weighted by Crippen LogP contribution is -2.37. The van der Waals surface area contributed by atoms with Gasteiger partial charge in [-0.25, -0.2) is 0 Å². The van der Waals surface area contributed by atoms with Crippen LogP contribution in [0.4, 0.5) is 0 Å². The van der Waals surface area contributed by atoms with Gasteiger partial charge in [-0.15, -0.1) is 11.8 Å². The summed E-state index contributed by atoms with van der Waals surface area (Å²) >= 11 is 1.55. The van der Waals surface area contributed by atoms with E-state index in [0.717, 1.165) is 35.7 Å². The van der Waals surface area contributed by atoms with Crippen molar-refractivity contribution < 1.29 is 14.3 Å². The van der Waals surface area contributed by atoms with Crippen LogP contribution in [0.3, 0.4) is 0 Å². The maximum Gasteiger partial charge on any atom is 0.230 e. The minimum Gasteiger partial charge on any atom is -0.490 e. The molecule has 0 bridgehead atoms. The number of amides is 1. The van der Waals surface area contributed by atoms with E-state index < -0.39 is 0 Å². The van der Waals surface area contributed by atoms with E-state index in [1.807, 2.05) is 18.2 Å². The van der Waals surface area contributed by atoms with E-state index in [1.54, 1.807) is 11.8 Å². The summed E-state index contributed by atoms with van der Waals surface area (Å²) in [5, 5.41) is 3.15. The van der Waals surface area contributed by atoms with Gasteiger partial charge in [-0.05, 0) is 31.0 Å². The number of carbonyl (C=O) groups is 1. The van der Waals surface area contributed by atoms with E-state index in [1.165, 1.54) is 19.3 Å². The molecule has 0 radical (unpaired) electrons. The number of hydrogen-bond donors (Lipinski definition) is 1. The topological polar surface area (TPSA) is 47.6 Å². The van der Waals surface area contributed by atoms with Crippen LogP contribution < -0.4 is 14.8 Å². The number of hydrogen-bond acceptors (Lipinski definition) is 4. The number of thioether (sulfide) groups is 1. The first-order chi connectivity index (χ1) is 10.8. The van der Waals surface area contributed by atoms with Crippen molar-refractivity contribution in [1.82, 2.24) is 5.32 Å². The van der Waals surface area contributed by atoms with Crippen LogP contribution in [0.25, 0.3) is 0 Å². The number of ether oxygens (including phenoxy) is 2. The second kappa shape index (κ2) is 7.77. The summed E-state index contributed by atoms with van der Waals surface area (Å²) < 4.78 is 11.3. The Hall–Kier alpha value is -1.36. The third-order valence-corrected chi connectivity index (χ3v) is 5.05. The molecular formula is C17H23NO3S. The molecule has 1 heterocycles. The Kier molecular flexibility index (Phi) is 5.48. The van der Waals surface area contributed by atoms with Crippen molar-refractivity contribution in [2.24, 2.45) is 0 Å². The highest BCUT2D eigenvalue weighted by atomic mass is 32.2. The average Bonchev–Trinajstić information content (AvgIpc) is 2.78. The van der Waals surface area contributed by atoms with Crippen molar-refractivity contribution in [2.45, 2.75) is 49.5 Å². The lowest BCUT2D eigenvalue weighted by Gasteiger charge is -2.22. The molecule has 0 saturated heterocycles. The molecule has 4 nitrogen and oxygen atoms in total. The Morgan fingerprint density at radius 2 is 1.86 bits per heavy atom. The highest BCUT2D eigenvalue weighted by Gasteiger charge is 2.16. The van der Waals surface area contributed by atoms with Gasteiger partial charge in [-0.2, -0.15) is 0 Å². The third-order valence-electron chi connectivity index (χ3n) is 4.06. The van der Waals surface area contributed by atoms with Crippen molar-refractivity contribution in [3.8, 4) is 11.5 Å². The van der Waals surface area contributed by atoms with Crippen LogP contribution in [0.5, 0.6) is 11.5 Å². The second-order valence-corrected chi connectivity index (χ2v) is 6.90. The molecule has 0 unspecified atom stereocenters. The van der Waals surface area contributed by atoms with Gasteiger partial charge in [0, 0.05) is 17.4 Å². The van der Waals surface area contributed by atoms with E-state index in [4.69, 9.17) is 9.47 Å². The molecule has 2 aliphatic rings. The summed E-state index contributed by atoms with van der Waals surface area (Å²) in [4.78, 5) is 13.1. The zero-order valence-corrected chi connectivity index (χ0v) is 13.6. The zero-order chi connectivity index (χ0) is 15.2. The van der Waals surface area contributed by atoms with Crippen LogP contribution in [-0.2, 0) is 4.79 Å². The van der Waals surface area contributed by atoms with Crippen LogP contribution in [0.2, 0.25) is 0 Å². The summed E-state index contributed by atoms with van der Waals surface area (Å²) in [7, 11) is 0. The SMILES string of the molecule is O=C(CSc1ccc2c(c1)OCCCO2)NC1CCCCC1. The summed E-state index contributed by atoms with van der Waals surface area (Å²) in [5.41, 5.74) is 0. The number of carbonyl (C=O) groups excluding carboxylic acids is 1. The molecule has 22 heavy (non-hydrogen) atoms. The molecule has 1 saturated carbocycles. The van der Waals surface area contributed by atoms with Gasteiger partial charge in [0.05, 0.1) is 19.0 Å². The Bertz CT molecular complexity index is 515. The van der Waals surface area contributed by atoms with Gasteiger partial charge in [0.2, 0.25) is 5.91 Å². The zero-order valence-electron chi connectivity index (χ0n) is 12.8. The molecule has 5 heteroatoms. The lowest BCUT2D eigenvalue weighted by atomic mass is 9.95. The highest BCUT2D eigenvalue weighted by molar-refractivity contribution is 8.00.